The molecule has 0 radical (unpaired) electrons. The zero-order valence-corrected chi connectivity index (χ0v) is 19.2. The molecule has 5 nitrogen and oxygen atoms in total. The first-order valence-electron chi connectivity index (χ1n) is 10.6. The molecule has 2 amide bonds. The number of nitrogens with one attached hydrogen (secondary N) is 2. The van der Waals surface area contributed by atoms with Gasteiger partial charge in [-0.05, 0) is 81.1 Å². The van der Waals surface area contributed by atoms with E-state index < -0.39 is 0 Å². The Kier molecular flexibility index (Phi) is 8.05. The molecule has 160 valence electrons. The molecule has 0 bridgehead atoms. The Hall–Kier alpha value is -2.18. The predicted octanol–water partition coefficient (Wildman–Crippen LogP) is 4.48. The van der Waals surface area contributed by atoms with Gasteiger partial charge in [-0.3, -0.25) is 9.59 Å². The minimum atomic E-state index is -0.157. The lowest BCUT2D eigenvalue weighted by molar-refractivity contribution is -0.120. The molecule has 0 aliphatic carbocycles. The third kappa shape index (κ3) is 6.67. The standard InChI is InChI=1S/C24H30BrN3O2/c1-17(2)28-13-3-4-19(16-28)15-26-23(29)14-18-5-11-22(12-6-18)27-24(30)20-7-9-21(25)10-8-20/h5-12,17,19H,3-4,13-16H2,1-2H3,(H,26,29)(H,27,30). The van der Waals surface area contributed by atoms with E-state index in [1.165, 1.54) is 12.8 Å². The molecule has 1 saturated heterocycles. The van der Waals surface area contributed by atoms with Crippen LogP contribution in [0.5, 0.6) is 0 Å². The fourth-order valence-electron chi connectivity index (χ4n) is 3.75. The van der Waals surface area contributed by atoms with Crippen molar-refractivity contribution in [1.82, 2.24) is 10.2 Å². The van der Waals surface area contributed by atoms with Gasteiger partial charge in [-0.1, -0.05) is 28.1 Å². The molecule has 6 heteroatoms. The van der Waals surface area contributed by atoms with Crippen LogP contribution in [0.3, 0.4) is 0 Å². The van der Waals surface area contributed by atoms with Crippen molar-refractivity contribution < 1.29 is 9.59 Å². The number of benzene rings is 2. The van der Waals surface area contributed by atoms with E-state index in [0.29, 0.717) is 29.6 Å². The van der Waals surface area contributed by atoms with Gasteiger partial charge in [0.15, 0.2) is 0 Å². The third-order valence-electron chi connectivity index (χ3n) is 5.55. The summed E-state index contributed by atoms with van der Waals surface area (Å²) >= 11 is 3.36. The van der Waals surface area contributed by atoms with Crippen LogP contribution in [-0.4, -0.2) is 42.4 Å². The van der Waals surface area contributed by atoms with E-state index in [2.05, 4.69) is 45.3 Å². The van der Waals surface area contributed by atoms with Crippen molar-refractivity contribution in [2.75, 3.05) is 25.0 Å². The summed E-state index contributed by atoms with van der Waals surface area (Å²) in [5, 5.41) is 5.97. The summed E-state index contributed by atoms with van der Waals surface area (Å²) in [6.07, 6.45) is 2.73. The maximum atomic E-state index is 12.3. The first-order chi connectivity index (χ1) is 14.4. The van der Waals surface area contributed by atoms with Gasteiger partial charge in [0.2, 0.25) is 5.91 Å². The zero-order chi connectivity index (χ0) is 21.5. The normalized spacial score (nSPS) is 17.0. The number of amides is 2. The number of hydrogen-bond acceptors (Lipinski definition) is 3. The second kappa shape index (κ2) is 10.7. The molecule has 2 aromatic carbocycles. The SMILES string of the molecule is CC(C)N1CCCC(CNC(=O)Cc2ccc(NC(=O)c3ccc(Br)cc3)cc2)C1. The van der Waals surface area contributed by atoms with Gasteiger partial charge >= 0.3 is 0 Å². The Balaban J connectivity index is 1.45. The molecule has 1 heterocycles. The fraction of sp³-hybridized carbons (Fsp3) is 0.417. The highest BCUT2D eigenvalue weighted by Gasteiger charge is 2.21. The molecule has 0 spiro atoms. The molecule has 0 saturated carbocycles. The summed E-state index contributed by atoms with van der Waals surface area (Å²) in [6, 6.07) is 15.2. The molecule has 3 rings (SSSR count). The molecule has 30 heavy (non-hydrogen) atoms. The van der Waals surface area contributed by atoms with Crippen LogP contribution in [0.2, 0.25) is 0 Å². The van der Waals surface area contributed by atoms with Crippen LogP contribution in [0.15, 0.2) is 53.0 Å². The van der Waals surface area contributed by atoms with Crippen LogP contribution in [-0.2, 0) is 11.2 Å². The highest BCUT2D eigenvalue weighted by Crippen LogP contribution is 2.18. The number of nitrogens with zero attached hydrogens (tertiary/aromatic N) is 1. The van der Waals surface area contributed by atoms with Gasteiger partial charge in [0.1, 0.15) is 0 Å². The quantitative estimate of drug-likeness (QED) is 0.625. The highest BCUT2D eigenvalue weighted by atomic mass is 79.9. The minimum Gasteiger partial charge on any atom is -0.355 e. The summed E-state index contributed by atoms with van der Waals surface area (Å²) in [5.74, 6) is 0.417. The van der Waals surface area contributed by atoms with Gasteiger partial charge in [0.25, 0.3) is 5.91 Å². The Morgan fingerprint density at radius 3 is 2.47 bits per heavy atom. The van der Waals surface area contributed by atoms with Gasteiger partial charge < -0.3 is 15.5 Å². The van der Waals surface area contributed by atoms with E-state index in [9.17, 15) is 9.59 Å². The number of carbonyl (C=O) groups excluding carboxylic acids is 2. The molecule has 1 unspecified atom stereocenters. The summed E-state index contributed by atoms with van der Waals surface area (Å²) in [5.41, 5.74) is 2.24. The van der Waals surface area contributed by atoms with Crippen LogP contribution in [0, 0.1) is 5.92 Å². The molecule has 2 N–H and O–H groups in total. The van der Waals surface area contributed by atoms with E-state index in [-0.39, 0.29) is 11.8 Å². The van der Waals surface area contributed by atoms with Crippen molar-refractivity contribution in [1.29, 1.82) is 0 Å². The van der Waals surface area contributed by atoms with Crippen molar-refractivity contribution >= 4 is 33.4 Å². The number of halogens is 1. The number of piperidine rings is 1. The molecule has 1 fully saturated rings. The summed E-state index contributed by atoms with van der Waals surface area (Å²) < 4.78 is 0.933. The van der Waals surface area contributed by atoms with Crippen molar-refractivity contribution in [2.24, 2.45) is 5.92 Å². The average Bonchev–Trinajstić information content (AvgIpc) is 2.74. The van der Waals surface area contributed by atoms with Crippen molar-refractivity contribution in [3.63, 3.8) is 0 Å². The Morgan fingerprint density at radius 1 is 1.10 bits per heavy atom. The van der Waals surface area contributed by atoms with Crippen LogP contribution in [0.1, 0.15) is 42.6 Å². The van der Waals surface area contributed by atoms with E-state index in [1.54, 1.807) is 12.1 Å². The lowest BCUT2D eigenvalue weighted by Crippen LogP contribution is -2.43. The fourth-order valence-corrected chi connectivity index (χ4v) is 4.01. The largest absolute Gasteiger partial charge is 0.355 e. The topological polar surface area (TPSA) is 61.4 Å². The smallest absolute Gasteiger partial charge is 0.255 e. The van der Waals surface area contributed by atoms with Gasteiger partial charge in [0, 0.05) is 34.9 Å². The first-order valence-corrected chi connectivity index (χ1v) is 11.4. The monoisotopic (exact) mass is 471 g/mol. The maximum Gasteiger partial charge on any atom is 0.255 e. The lowest BCUT2D eigenvalue weighted by atomic mass is 9.97. The lowest BCUT2D eigenvalue weighted by Gasteiger charge is -2.35. The number of carbonyl (C=O) groups is 2. The molecule has 1 aliphatic heterocycles. The highest BCUT2D eigenvalue weighted by molar-refractivity contribution is 9.10. The second-order valence-corrected chi connectivity index (χ2v) is 9.15. The predicted molar refractivity (Wildman–Crippen MR) is 125 cm³/mol. The maximum absolute atomic E-state index is 12.3. The average molecular weight is 472 g/mol. The summed E-state index contributed by atoms with van der Waals surface area (Å²) in [7, 11) is 0. The first kappa shape index (κ1) is 22.5. The van der Waals surface area contributed by atoms with E-state index >= 15 is 0 Å². The van der Waals surface area contributed by atoms with Crippen LogP contribution in [0.4, 0.5) is 5.69 Å². The molecular formula is C24H30BrN3O2. The minimum absolute atomic E-state index is 0.0447. The van der Waals surface area contributed by atoms with Crippen molar-refractivity contribution in [3.8, 4) is 0 Å². The van der Waals surface area contributed by atoms with Gasteiger partial charge in [-0.2, -0.15) is 0 Å². The zero-order valence-electron chi connectivity index (χ0n) is 17.7. The van der Waals surface area contributed by atoms with Gasteiger partial charge in [-0.25, -0.2) is 0 Å². The molecule has 1 aliphatic rings. The molecular weight excluding hydrogens is 442 g/mol. The Labute approximate surface area is 187 Å². The second-order valence-electron chi connectivity index (χ2n) is 8.24. The van der Waals surface area contributed by atoms with Gasteiger partial charge in [-0.15, -0.1) is 0 Å². The van der Waals surface area contributed by atoms with Gasteiger partial charge in [0.05, 0.1) is 6.42 Å². The van der Waals surface area contributed by atoms with Crippen molar-refractivity contribution in [3.05, 3.63) is 64.1 Å². The summed E-state index contributed by atoms with van der Waals surface area (Å²) in [6.45, 7) is 7.42. The van der Waals surface area contributed by atoms with Crippen LogP contribution in [0.25, 0.3) is 0 Å². The number of likely N-dealkylation sites (tertiary alicyclic amines) is 1. The number of rotatable bonds is 7. The number of anilines is 1. The van der Waals surface area contributed by atoms with E-state index in [1.807, 2.05) is 36.4 Å². The Bertz CT molecular complexity index is 850. The van der Waals surface area contributed by atoms with E-state index in [4.69, 9.17) is 0 Å². The number of hydrogen-bond donors (Lipinski definition) is 2. The van der Waals surface area contributed by atoms with Crippen LogP contribution < -0.4 is 10.6 Å². The molecule has 1 atom stereocenters. The summed E-state index contributed by atoms with van der Waals surface area (Å²) in [4.78, 5) is 27.1. The Morgan fingerprint density at radius 2 is 1.80 bits per heavy atom. The van der Waals surface area contributed by atoms with Crippen molar-refractivity contribution in [2.45, 2.75) is 39.2 Å². The third-order valence-corrected chi connectivity index (χ3v) is 6.08. The molecule has 0 aromatic heterocycles. The molecule has 2 aromatic rings. The van der Waals surface area contributed by atoms with E-state index in [0.717, 1.165) is 29.7 Å². The van der Waals surface area contributed by atoms with Crippen LogP contribution >= 0.6 is 15.9 Å².